The molecule has 38 heavy (non-hydrogen) atoms. The zero-order valence-electron chi connectivity index (χ0n) is 21.4. The van der Waals surface area contributed by atoms with Crippen molar-refractivity contribution in [1.82, 2.24) is 0 Å². The molecule has 1 atom stereocenters. The Labute approximate surface area is 213 Å². The van der Waals surface area contributed by atoms with E-state index in [4.69, 9.17) is 4.43 Å². The summed E-state index contributed by atoms with van der Waals surface area (Å²) in [6.07, 6.45) is -7.29. The first-order valence-electron chi connectivity index (χ1n) is 11.5. The molecular formula is C22H31F13O2Si. The van der Waals surface area contributed by atoms with Gasteiger partial charge in [-0.15, -0.1) is 0 Å². The van der Waals surface area contributed by atoms with Crippen LogP contribution in [0, 0.1) is 5.92 Å². The number of rotatable bonds is 15. The van der Waals surface area contributed by atoms with Gasteiger partial charge >= 0.3 is 35.8 Å². The van der Waals surface area contributed by atoms with Gasteiger partial charge in [0.1, 0.15) is 6.29 Å². The van der Waals surface area contributed by atoms with Crippen molar-refractivity contribution in [3.63, 3.8) is 0 Å². The van der Waals surface area contributed by atoms with E-state index in [1.807, 2.05) is 0 Å². The van der Waals surface area contributed by atoms with Gasteiger partial charge in [0, 0.05) is 13.0 Å². The maximum Gasteiger partial charge on any atom is 0.460 e. The number of carbonyl (C=O) groups excluding carboxylic acids is 1. The third-order valence-corrected chi connectivity index (χ3v) is 12.2. The summed E-state index contributed by atoms with van der Waals surface area (Å²) < 4.78 is 181. The molecule has 0 radical (unpaired) electrons. The van der Waals surface area contributed by atoms with E-state index >= 15 is 0 Å². The number of hydrogen-bond donors (Lipinski definition) is 0. The van der Waals surface area contributed by atoms with Crippen molar-refractivity contribution < 1.29 is 66.3 Å². The minimum Gasteiger partial charge on any atom is -0.416 e. The molecule has 0 heterocycles. The highest BCUT2D eigenvalue weighted by atomic mass is 28.4. The summed E-state index contributed by atoms with van der Waals surface area (Å²) in [6.45, 7) is 8.80. The molecule has 226 valence electrons. The molecule has 0 bridgehead atoms. The molecule has 0 saturated heterocycles. The summed E-state index contributed by atoms with van der Waals surface area (Å²) >= 11 is 0. The van der Waals surface area contributed by atoms with E-state index in [1.54, 1.807) is 6.92 Å². The predicted molar refractivity (Wildman–Crippen MR) is 116 cm³/mol. The first-order chi connectivity index (χ1) is 16.7. The lowest BCUT2D eigenvalue weighted by molar-refractivity contribution is -0.440. The highest BCUT2D eigenvalue weighted by Gasteiger charge is 2.90. The highest BCUT2D eigenvalue weighted by Crippen LogP contribution is 2.61. The molecule has 0 aromatic heterocycles. The molecule has 16 heteroatoms. The van der Waals surface area contributed by atoms with Crippen LogP contribution in [0.2, 0.25) is 17.1 Å². The quantitative estimate of drug-likeness (QED) is 0.0809. The second-order valence-corrected chi connectivity index (χ2v) is 14.8. The zero-order valence-corrected chi connectivity index (χ0v) is 22.4. The SMILES string of the molecule is CC[C@@H](/C=C(\C)C=O)CO[Si](CCC(F)(F)C(F)(F)C(F)(F)C(F)(F)C(F)(F)C(F)(F)F)(C(C)C)C(C)C. The smallest absolute Gasteiger partial charge is 0.416 e. The molecular weight excluding hydrogens is 571 g/mol. The molecule has 0 aliphatic carbocycles. The van der Waals surface area contributed by atoms with Gasteiger partial charge in [-0.25, -0.2) is 0 Å². The van der Waals surface area contributed by atoms with E-state index in [0.717, 1.165) is 0 Å². The average Bonchev–Trinajstić information content (AvgIpc) is 2.76. The minimum atomic E-state index is -7.91. The molecule has 0 aromatic rings. The van der Waals surface area contributed by atoms with Crippen LogP contribution in [-0.4, -0.2) is 57.0 Å². The van der Waals surface area contributed by atoms with Gasteiger partial charge in [0.15, 0.2) is 8.32 Å². The molecule has 0 aliphatic rings. The van der Waals surface area contributed by atoms with Gasteiger partial charge in [-0.1, -0.05) is 40.7 Å². The van der Waals surface area contributed by atoms with Crippen LogP contribution in [-0.2, 0) is 9.22 Å². The fourth-order valence-electron chi connectivity index (χ4n) is 3.92. The molecule has 0 saturated carbocycles. The number of hydrogen-bond acceptors (Lipinski definition) is 2. The summed E-state index contributed by atoms with van der Waals surface area (Å²) in [5, 5.41) is 0. The molecule has 0 aliphatic heterocycles. The third-order valence-electron chi connectivity index (χ3n) is 6.56. The maximum atomic E-state index is 14.5. The second-order valence-electron chi connectivity index (χ2n) is 9.77. The lowest BCUT2D eigenvalue weighted by atomic mass is 9.93. The fourth-order valence-corrected chi connectivity index (χ4v) is 8.45. The molecule has 2 nitrogen and oxygen atoms in total. The monoisotopic (exact) mass is 602 g/mol. The zero-order chi connectivity index (χ0) is 30.8. The summed E-state index contributed by atoms with van der Waals surface area (Å²) in [5.41, 5.74) is -0.985. The van der Waals surface area contributed by atoms with E-state index in [9.17, 15) is 61.9 Å². The second kappa shape index (κ2) is 12.0. The summed E-state index contributed by atoms with van der Waals surface area (Å²) in [7, 11) is -3.64. The Morgan fingerprint density at radius 2 is 1.18 bits per heavy atom. The number of halogens is 13. The largest absolute Gasteiger partial charge is 0.460 e. The molecule has 0 rings (SSSR count). The van der Waals surface area contributed by atoms with Crippen molar-refractivity contribution in [1.29, 1.82) is 0 Å². The number of aldehydes is 1. The van der Waals surface area contributed by atoms with Crippen LogP contribution in [0.3, 0.4) is 0 Å². The van der Waals surface area contributed by atoms with Crippen molar-refractivity contribution >= 4 is 14.6 Å². The standard InChI is InChI=1S/C22H31F13O2Si/c1-7-16(10-15(6)11-36)12-37-38(13(2)3,14(4)5)9-8-17(23,24)18(25,26)19(27,28)20(29,30)21(31,32)22(33,34)35/h10-11,13-14,16H,7-9,12H2,1-6H3/b15-10+/t16-/m0/s1. The highest BCUT2D eigenvalue weighted by molar-refractivity contribution is 6.76. The van der Waals surface area contributed by atoms with Crippen LogP contribution in [0.5, 0.6) is 0 Å². The number of allylic oxidation sites excluding steroid dienone is 1. The Kier molecular flexibility index (Phi) is 11.6. The fraction of sp³-hybridized carbons (Fsp3) is 0.864. The summed E-state index contributed by atoms with van der Waals surface area (Å²) in [4.78, 5) is 10.9. The molecule has 0 spiro atoms. The average molecular weight is 603 g/mol. The van der Waals surface area contributed by atoms with Gasteiger partial charge in [-0.2, -0.15) is 57.1 Å². The van der Waals surface area contributed by atoms with Crippen LogP contribution in [0.15, 0.2) is 11.6 Å². The predicted octanol–water partition coefficient (Wildman–Crippen LogP) is 9.07. The molecule has 0 amide bonds. The van der Waals surface area contributed by atoms with Crippen LogP contribution in [0.25, 0.3) is 0 Å². The Bertz CT molecular complexity index is 813. The topological polar surface area (TPSA) is 26.3 Å². The summed E-state index contributed by atoms with van der Waals surface area (Å²) in [6, 6.07) is -1.05. The molecule has 0 aromatic carbocycles. The first kappa shape index (κ1) is 36.7. The Hall–Kier alpha value is -1.32. The van der Waals surface area contributed by atoms with E-state index in [1.165, 1.54) is 40.7 Å². The van der Waals surface area contributed by atoms with Crippen molar-refractivity contribution in [2.45, 2.75) is 107 Å². The van der Waals surface area contributed by atoms with Crippen LogP contribution in [0.1, 0.15) is 54.4 Å². The number of carbonyl (C=O) groups is 1. The normalized spacial score (nSPS) is 16.4. The van der Waals surface area contributed by atoms with E-state index in [0.29, 0.717) is 18.3 Å². The van der Waals surface area contributed by atoms with Gasteiger partial charge in [0.2, 0.25) is 0 Å². The molecule has 0 unspecified atom stereocenters. The number of alkyl halides is 13. The van der Waals surface area contributed by atoms with Gasteiger partial charge < -0.3 is 4.43 Å². The third kappa shape index (κ3) is 6.69. The molecule has 0 N–H and O–H groups in total. The van der Waals surface area contributed by atoms with Crippen molar-refractivity contribution in [2.75, 3.05) is 6.61 Å². The Balaban J connectivity index is 6.33. The van der Waals surface area contributed by atoms with Gasteiger partial charge in [-0.3, -0.25) is 4.79 Å². The van der Waals surface area contributed by atoms with E-state index < -0.39 is 73.6 Å². The molecule has 0 fully saturated rings. The summed E-state index contributed by atoms with van der Waals surface area (Å²) in [5.74, 6) is -37.3. The van der Waals surface area contributed by atoms with E-state index in [2.05, 4.69) is 0 Å². The van der Waals surface area contributed by atoms with Crippen LogP contribution in [0.4, 0.5) is 57.1 Å². The Morgan fingerprint density at radius 1 is 0.763 bits per heavy atom. The first-order valence-corrected chi connectivity index (χ1v) is 13.7. The van der Waals surface area contributed by atoms with Gasteiger partial charge in [-0.05, 0) is 42.0 Å². The lowest BCUT2D eigenvalue weighted by Gasteiger charge is -2.42. The van der Waals surface area contributed by atoms with Crippen LogP contribution < -0.4 is 0 Å². The van der Waals surface area contributed by atoms with Crippen molar-refractivity contribution in [2.24, 2.45) is 5.92 Å². The van der Waals surface area contributed by atoms with Crippen molar-refractivity contribution in [3.8, 4) is 0 Å². The maximum absolute atomic E-state index is 14.5. The van der Waals surface area contributed by atoms with Gasteiger partial charge in [0.05, 0.1) is 0 Å². The van der Waals surface area contributed by atoms with Gasteiger partial charge in [0.25, 0.3) is 0 Å². The van der Waals surface area contributed by atoms with Crippen molar-refractivity contribution in [3.05, 3.63) is 11.6 Å². The van der Waals surface area contributed by atoms with E-state index in [-0.39, 0.29) is 6.61 Å². The van der Waals surface area contributed by atoms with Crippen LogP contribution >= 0.6 is 0 Å². The minimum absolute atomic E-state index is 0.196. The Morgan fingerprint density at radius 3 is 1.53 bits per heavy atom. The lowest BCUT2D eigenvalue weighted by Crippen LogP contribution is -2.70.